The normalized spacial score (nSPS) is 14.7. The third-order valence-electron chi connectivity index (χ3n) is 6.41. The number of carbonyl (C=O) groups is 1. The summed E-state index contributed by atoms with van der Waals surface area (Å²) in [5.74, 6) is 0. The van der Waals surface area contributed by atoms with Crippen molar-refractivity contribution in [3.8, 4) is 5.69 Å². The van der Waals surface area contributed by atoms with E-state index in [1.807, 2.05) is 12.1 Å². The molecule has 0 radical (unpaired) electrons. The number of nitrogens with zero attached hydrogens (tertiary/aromatic N) is 4. The van der Waals surface area contributed by atoms with Gasteiger partial charge >= 0.3 is 6.03 Å². The first kappa shape index (κ1) is 22.1. The second-order valence-electron chi connectivity index (χ2n) is 8.98. The number of rotatable bonds is 5. The van der Waals surface area contributed by atoms with E-state index in [0.717, 1.165) is 40.9 Å². The van der Waals surface area contributed by atoms with Crippen LogP contribution in [0, 0.1) is 20.8 Å². The van der Waals surface area contributed by atoms with Gasteiger partial charge in [0, 0.05) is 18.3 Å². The van der Waals surface area contributed by atoms with Crippen LogP contribution in [0.5, 0.6) is 0 Å². The summed E-state index contributed by atoms with van der Waals surface area (Å²) in [5.41, 5.74) is 6.43. The van der Waals surface area contributed by atoms with Crippen LogP contribution in [-0.2, 0) is 6.54 Å². The number of carbonyl (C=O) groups excluding carboxylic acids is 1. The molecule has 0 spiro atoms. The zero-order valence-electron chi connectivity index (χ0n) is 19.3. The highest BCUT2D eigenvalue weighted by atomic mass is 16.2. The molecule has 2 amide bonds. The van der Waals surface area contributed by atoms with Crippen LogP contribution >= 0.6 is 0 Å². The highest BCUT2D eigenvalue weighted by Gasteiger charge is 2.25. The number of hydrogen-bond donors (Lipinski definition) is 1. The molecule has 1 fully saturated rings. The highest BCUT2D eigenvalue weighted by molar-refractivity contribution is 5.91. The van der Waals surface area contributed by atoms with Gasteiger partial charge in [0.15, 0.2) is 0 Å². The standard InChI is InChI=1S/C26H33N5O/c1-19-14-20(2)25(21(3)15-19)29-26(32)30(23-8-6-4-5-7-9-23)16-22-10-12-24(13-11-22)31-18-27-17-28-31/h10-15,17-18,23H,4-9,16H2,1-3H3,(H,29,32). The number of hydrogen-bond acceptors (Lipinski definition) is 3. The first-order valence-corrected chi connectivity index (χ1v) is 11.6. The third-order valence-corrected chi connectivity index (χ3v) is 6.41. The number of urea groups is 1. The van der Waals surface area contributed by atoms with Gasteiger partial charge in [0.25, 0.3) is 0 Å². The van der Waals surface area contributed by atoms with Gasteiger partial charge in [0.05, 0.1) is 5.69 Å². The first-order valence-electron chi connectivity index (χ1n) is 11.6. The molecule has 0 saturated heterocycles. The summed E-state index contributed by atoms with van der Waals surface area (Å²) in [6.45, 7) is 6.81. The van der Waals surface area contributed by atoms with E-state index in [0.29, 0.717) is 6.54 Å². The van der Waals surface area contributed by atoms with Crippen molar-refractivity contribution in [3.63, 3.8) is 0 Å². The lowest BCUT2D eigenvalue weighted by Crippen LogP contribution is -2.42. The molecule has 1 N–H and O–H groups in total. The number of nitrogens with one attached hydrogen (secondary N) is 1. The zero-order chi connectivity index (χ0) is 22.5. The van der Waals surface area contributed by atoms with E-state index in [1.54, 1.807) is 11.0 Å². The van der Waals surface area contributed by atoms with Crippen LogP contribution in [0.2, 0.25) is 0 Å². The molecular formula is C26H33N5O. The largest absolute Gasteiger partial charge is 0.322 e. The third kappa shape index (κ3) is 5.18. The average molecular weight is 432 g/mol. The van der Waals surface area contributed by atoms with Gasteiger partial charge in [-0.2, -0.15) is 5.10 Å². The summed E-state index contributed by atoms with van der Waals surface area (Å²) in [7, 11) is 0. The molecule has 1 aliphatic rings. The Bertz CT molecular complexity index is 1010. The molecule has 32 heavy (non-hydrogen) atoms. The zero-order valence-corrected chi connectivity index (χ0v) is 19.3. The fourth-order valence-electron chi connectivity index (χ4n) is 4.78. The van der Waals surface area contributed by atoms with Gasteiger partial charge < -0.3 is 10.2 Å². The van der Waals surface area contributed by atoms with Crippen LogP contribution in [0.3, 0.4) is 0 Å². The van der Waals surface area contributed by atoms with Crippen molar-refractivity contribution in [3.05, 3.63) is 71.3 Å². The van der Waals surface area contributed by atoms with E-state index >= 15 is 0 Å². The van der Waals surface area contributed by atoms with Crippen molar-refractivity contribution in [1.29, 1.82) is 0 Å². The van der Waals surface area contributed by atoms with E-state index in [9.17, 15) is 4.79 Å². The van der Waals surface area contributed by atoms with Crippen LogP contribution in [0.15, 0.2) is 49.1 Å². The minimum atomic E-state index is -0.00712. The van der Waals surface area contributed by atoms with Gasteiger partial charge in [-0.3, -0.25) is 0 Å². The monoisotopic (exact) mass is 431 g/mol. The predicted octanol–water partition coefficient (Wildman–Crippen LogP) is 5.95. The summed E-state index contributed by atoms with van der Waals surface area (Å²) in [6.07, 6.45) is 10.2. The van der Waals surface area contributed by atoms with Gasteiger partial charge in [-0.25, -0.2) is 14.5 Å². The van der Waals surface area contributed by atoms with Crippen LogP contribution in [0.1, 0.15) is 60.8 Å². The van der Waals surface area contributed by atoms with Crippen LogP contribution < -0.4 is 5.32 Å². The van der Waals surface area contributed by atoms with E-state index in [4.69, 9.17) is 0 Å². The first-order chi connectivity index (χ1) is 15.5. The van der Waals surface area contributed by atoms with E-state index in [2.05, 4.69) is 65.3 Å². The Morgan fingerprint density at radius 3 is 2.28 bits per heavy atom. The van der Waals surface area contributed by atoms with Gasteiger partial charge in [0.2, 0.25) is 0 Å². The number of aryl methyl sites for hydroxylation is 3. The van der Waals surface area contributed by atoms with Crippen molar-refractivity contribution in [2.45, 2.75) is 71.9 Å². The van der Waals surface area contributed by atoms with E-state index in [1.165, 1.54) is 37.6 Å². The SMILES string of the molecule is Cc1cc(C)c(NC(=O)N(Cc2ccc(-n3cncn3)cc2)C2CCCCCC2)c(C)c1. The summed E-state index contributed by atoms with van der Waals surface area (Å²) in [5, 5.41) is 7.43. The number of anilines is 1. The number of benzene rings is 2. The van der Waals surface area contributed by atoms with Crippen LogP contribution in [-0.4, -0.2) is 31.7 Å². The Balaban J connectivity index is 1.56. The minimum Gasteiger partial charge on any atom is -0.317 e. The second-order valence-corrected chi connectivity index (χ2v) is 8.98. The minimum absolute atomic E-state index is 0.00712. The second kappa shape index (κ2) is 9.98. The summed E-state index contributed by atoms with van der Waals surface area (Å²) >= 11 is 0. The molecule has 0 unspecified atom stereocenters. The smallest absolute Gasteiger partial charge is 0.317 e. The summed E-state index contributed by atoms with van der Waals surface area (Å²) in [4.78, 5) is 19.6. The molecule has 168 valence electrons. The Morgan fingerprint density at radius 2 is 1.69 bits per heavy atom. The van der Waals surface area contributed by atoms with Gasteiger partial charge in [-0.05, 0) is 62.4 Å². The molecule has 0 atom stereocenters. The van der Waals surface area contributed by atoms with Crippen molar-refractivity contribution in [2.24, 2.45) is 0 Å². The maximum absolute atomic E-state index is 13.6. The maximum Gasteiger partial charge on any atom is 0.322 e. The number of amides is 2. The van der Waals surface area contributed by atoms with Crippen LogP contribution in [0.4, 0.5) is 10.5 Å². The Labute approximate surface area is 190 Å². The molecule has 3 aromatic rings. The number of aromatic nitrogens is 3. The van der Waals surface area contributed by atoms with Gasteiger partial charge in [0.1, 0.15) is 12.7 Å². The molecule has 1 aliphatic carbocycles. The summed E-state index contributed by atoms with van der Waals surface area (Å²) < 4.78 is 1.74. The van der Waals surface area contributed by atoms with Crippen LogP contribution in [0.25, 0.3) is 5.69 Å². The molecule has 0 bridgehead atoms. The Hall–Kier alpha value is -3.15. The van der Waals surface area contributed by atoms with Crippen molar-refractivity contribution in [2.75, 3.05) is 5.32 Å². The fourth-order valence-corrected chi connectivity index (χ4v) is 4.78. The van der Waals surface area contributed by atoms with Crippen molar-refractivity contribution < 1.29 is 4.79 Å². The van der Waals surface area contributed by atoms with Crippen molar-refractivity contribution in [1.82, 2.24) is 19.7 Å². The molecule has 1 aromatic heterocycles. The molecule has 1 saturated carbocycles. The van der Waals surface area contributed by atoms with E-state index < -0.39 is 0 Å². The van der Waals surface area contributed by atoms with Gasteiger partial charge in [-0.1, -0.05) is 55.5 Å². The lowest BCUT2D eigenvalue weighted by Gasteiger charge is -2.32. The van der Waals surface area contributed by atoms with E-state index in [-0.39, 0.29) is 12.1 Å². The molecule has 0 aliphatic heterocycles. The molecule has 4 rings (SSSR count). The molecule has 2 aromatic carbocycles. The Morgan fingerprint density at radius 1 is 1.03 bits per heavy atom. The molecule has 1 heterocycles. The average Bonchev–Trinajstić information content (AvgIpc) is 3.18. The predicted molar refractivity (Wildman–Crippen MR) is 128 cm³/mol. The highest BCUT2D eigenvalue weighted by Crippen LogP contribution is 2.27. The lowest BCUT2D eigenvalue weighted by molar-refractivity contribution is 0.175. The topological polar surface area (TPSA) is 63.1 Å². The summed E-state index contributed by atoms with van der Waals surface area (Å²) in [6, 6.07) is 12.7. The van der Waals surface area contributed by atoms with Gasteiger partial charge in [-0.15, -0.1) is 0 Å². The Kier molecular flexibility index (Phi) is 6.88. The molecule has 6 heteroatoms. The molecular weight excluding hydrogens is 398 g/mol. The molecule has 6 nitrogen and oxygen atoms in total. The van der Waals surface area contributed by atoms with Crippen molar-refractivity contribution >= 4 is 11.7 Å². The maximum atomic E-state index is 13.6. The lowest BCUT2D eigenvalue weighted by atomic mass is 10.0. The quantitative estimate of drug-likeness (QED) is 0.508. The fraction of sp³-hybridized carbons (Fsp3) is 0.423.